The zero-order valence-corrected chi connectivity index (χ0v) is 8.21. The SMILES string of the molecule is O=C(O)c1cncc(S(=O)(=O)C(F)(F)F)c1. The van der Waals surface area contributed by atoms with E-state index >= 15 is 0 Å². The highest BCUT2D eigenvalue weighted by atomic mass is 32.2. The van der Waals surface area contributed by atoms with Gasteiger partial charge >= 0.3 is 11.5 Å². The summed E-state index contributed by atoms with van der Waals surface area (Å²) in [6.07, 6.45) is 1.19. The van der Waals surface area contributed by atoms with Gasteiger partial charge in [0, 0.05) is 12.4 Å². The molecule has 0 bridgehead atoms. The molecule has 0 aromatic carbocycles. The summed E-state index contributed by atoms with van der Waals surface area (Å²) in [5, 5.41) is 8.46. The van der Waals surface area contributed by atoms with Crippen molar-refractivity contribution in [3.05, 3.63) is 24.0 Å². The molecule has 0 aliphatic heterocycles. The van der Waals surface area contributed by atoms with Gasteiger partial charge in [0.05, 0.1) is 10.5 Å². The lowest BCUT2D eigenvalue weighted by Gasteiger charge is -2.07. The smallest absolute Gasteiger partial charge is 0.478 e. The molecule has 0 aliphatic carbocycles. The van der Waals surface area contributed by atoms with E-state index in [1.54, 1.807) is 0 Å². The highest BCUT2D eigenvalue weighted by Gasteiger charge is 2.47. The van der Waals surface area contributed by atoms with Crippen LogP contribution in [0.3, 0.4) is 0 Å². The first kappa shape index (κ1) is 12.4. The van der Waals surface area contributed by atoms with Crippen molar-refractivity contribution in [2.45, 2.75) is 10.4 Å². The number of carbonyl (C=O) groups is 1. The fourth-order valence-electron chi connectivity index (χ4n) is 0.816. The second-order valence-electron chi connectivity index (χ2n) is 2.66. The number of alkyl halides is 3. The molecule has 16 heavy (non-hydrogen) atoms. The maximum absolute atomic E-state index is 12.1. The van der Waals surface area contributed by atoms with Gasteiger partial charge in [-0.3, -0.25) is 4.98 Å². The predicted molar refractivity (Wildman–Crippen MR) is 44.4 cm³/mol. The zero-order chi connectivity index (χ0) is 12.6. The first-order valence-electron chi connectivity index (χ1n) is 3.66. The van der Waals surface area contributed by atoms with E-state index in [2.05, 4.69) is 4.98 Å². The van der Waals surface area contributed by atoms with Gasteiger partial charge in [-0.1, -0.05) is 0 Å². The van der Waals surface area contributed by atoms with Gasteiger partial charge in [0.2, 0.25) is 0 Å². The van der Waals surface area contributed by atoms with Crippen LogP contribution in [-0.4, -0.2) is 30.0 Å². The van der Waals surface area contributed by atoms with Crippen molar-refractivity contribution >= 4 is 15.8 Å². The van der Waals surface area contributed by atoms with E-state index in [9.17, 15) is 26.4 Å². The largest absolute Gasteiger partial charge is 0.501 e. The number of halogens is 3. The molecule has 0 saturated heterocycles. The molecule has 1 heterocycles. The first-order chi connectivity index (χ1) is 7.16. The molecule has 0 aliphatic rings. The summed E-state index contributed by atoms with van der Waals surface area (Å²) < 4.78 is 58.0. The molecule has 0 atom stereocenters. The second kappa shape index (κ2) is 3.74. The Morgan fingerprint density at radius 1 is 1.31 bits per heavy atom. The van der Waals surface area contributed by atoms with Crippen molar-refractivity contribution < 1.29 is 31.5 Å². The summed E-state index contributed by atoms with van der Waals surface area (Å²) in [4.78, 5) is 12.3. The number of nitrogens with zero attached hydrogens (tertiary/aromatic N) is 1. The van der Waals surface area contributed by atoms with Crippen LogP contribution < -0.4 is 0 Å². The topological polar surface area (TPSA) is 84.3 Å². The third kappa shape index (κ3) is 2.13. The van der Waals surface area contributed by atoms with Crippen LogP contribution in [0.5, 0.6) is 0 Å². The zero-order valence-electron chi connectivity index (χ0n) is 7.39. The Morgan fingerprint density at radius 2 is 1.88 bits per heavy atom. The normalized spacial score (nSPS) is 12.4. The van der Waals surface area contributed by atoms with Gasteiger partial charge in [0.25, 0.3) is 9.84 Å². The number of aromatic nitrogens is 1. The summed E-state index contributed by atoms with van der Waals surface area (Å²) in [6, 6.07) is 0.401. The maximum Gasteiger partial charge on any atom is 0.501 e. The van der Waals surface area contributed by atoms with E-state index in [0.29, 0.717) is 12.3 Å². The predicted octanol–water partition coefficient (Wildman–Crippen LogP) is 1.07. The quantitative estimate of drug-likeness (QED) is 0.854. The number of carboxylic acid groups (broad SMARTS) is 1. The Bertz CT molecular complexity index is 523. The molecule has 0 fully saturated rings. The van der Waals surface area contributed by atoms with Crippen molar-refractivity contribution in [1.82, 2.24) is 4.98 Å². The van der Waals surface area contributed by atoms with Crippen LogP contribution in [0.25, 0.3) is 0 Å². The van der Waals surface area contributed by atoms with E-state index in [1.165, 1.54) is 0 Å². The number of hydrogen-bond acceptors (Lipinski definition) is 4. The fourth-order valence-corrected chi connectivity index (χ4v) is 1.57. The molecule has 1 aromatic rings. The summed E-state index contributed by atoms with van der Waals surface area (Å²) in [5.41, 5.74) is -6.11. The van der Waals surface area contributed by atoms with Crippen molar-refractivity contribution in [2.24, 2.45) is 0 Å². The van der Waals surface area contributed by atoms with Gasteiger partial charge in [0.15, 0.2) is 0 Å². The van der Waals surface area contributed by atoms with E-state index in [1.807, 2.05) is 0 Å². The minimum atomic E-state index is -5.56. The lowest BCUT2D eigenvalue weighted by Crippen LogP contribution is -2.23. The molecule has 0 radical (unpaired) electrons. The molecular formula is C7H4F3NO4S. The number of pyridine rings is 1. The lowest BCUT2D eigenvalue weighted by molar-refractivity contribution is -0.0436. The van der Waals surface area contributed by atoms with Gasteiger partial charge < -0.3 is 5.11 Å². The van der Waals surface area contributed by atoms with Crippen LogP contribution in [0.1, 0.15) is 10.4 Å². The van der Waals surface area contributed by atoms with E-state index < -0.39 is 31.8 Å². The van der Waals surface area contributed by atoms with Crippen molar-refractivity contribution in [3.8, 4) is 0 Å². The van der Waals surface area contributed by atoms with Crippen LogP contribution in [-0.2, 0) is 9.84 Å². The molecule has 1 aromatic heterocycles. The first-order valence-corrected chi connectivity index (χ1v) is 5.14. The van der Waals surface area contributed by atoms with E-state index in [4.69, 9.17) is 5.11 Å². The Hall–Kier alpha value is -1.64. The molecule has 0 amide bonds. The average molecular weight is 255 g/mol. The second-order valence-corrected chi connectivity index (χ2v) is 4.60. The molecule has 0 unspecified atom stereocenters. The molecule has 5 nitrogen and oxygen atoms in total. The summed E-state index contributed by atoms with van der Waals surface area (Å²) >= 11 is 0. The summed E-state index contributed by atoms with van der Waals surface area (Å²) in [7, 11) is -5.56. The monoisotopic (exact) mass is 255 g/mol. The maximum atomic E-state index is 12.1. The van der Waals surface area contributed by atoms with Gasteiger partial charge in [-0.2, -0.15) is 13.2 Å². The van der Waals surface area contributed by atoms with E-state index in [0.717, 1.165) is 6.20 Å². The van der Waals surface area contributed by atoms with Crippen LogP contribution in [0, 0.1) is 0 Å². The average Bonchev–Trinajstić information content (AvgIpc) is 2.16. The molecular weight excluding hydrogens is 251 g/mol. The number of sulfone groups is 1. The number of carboxylic acids is 1. The molecule has 88 valence electrons. The fraction of sp³-hybridized carbons (Fsp3) is 0.143. The Labute approximate surface area is 87.5 Å². The summed E-state index contributed by atoms with van der Waals surface area (Å²) in [5.74, 6) is -1.56. The minimum absolute atomic E-state index is 0.401. The third-order valence-electron chi connectivity index (χ3n) is 1.58. The number of aromatic carboxylic acids is 1. The van der Waals surface area contributed by atoms with Crippen LogP contribution in [0.4, 0.5) is 13.2 Å². The van der Waals surface area contributed by atoms with Gasteiger partial charge in [-0.15, -0.1) is 0 Å². The van der Waals surface area contributed by atoms with Crippen LogP contribution >= 0.6 is 0 Å². The number of rotatable bonds is 2. The van der Waals surface area contributed by atoms with Crippen molar-refractivity contribution in [1.29, 1.82) is 0 Å². The molecule has 1 rings (SSSR count). The van der Waals surface area contributed by atoms with Crippen molar-refractivity contribution in [3.63, 3.8) is 0 Å². The summed E-state index contributed by atoms with van der Waals surface area (Å²) in [6.45, 7) is 0. The molecule has 0 saturated carbocycles. The Morgan fingerprint density at radius 3 is 2.31 bits per heavy atom. The van der Waals surface area contributed by atoms with Crippen LogP contribution in [0.15, 0.2) is 23.4 Å². The minimum Gasteiger partial charge on any atom is -0.478 e. The van der Waals surface area contributed by atoms with Crippen LogP contribution in [0.2, 0.25) is 0 Å². The molecule has 0 spiro atoms. The van der Waals surface area contributed by atoms with Crippen molar-refractivity contribution in [2.75, 3.05) is 0 Å². The number of hydrogen-bond donors (Lipinski definition) is 1. The Balaban J connectivity index is 3.36. The van der Waals surface area contributed by atoms with Gasteiger partial charge in [0.1, 0.15) is 0 Å². The van der Waals surface area contributed by atoms with Gasteiger partial charge in [-0.25, -0.2) is 13.2 Å². The lowest BCUT2D eigenvalue weighted by atomic mass is 10.3. The Kier molecular flexibility index (Phi) is 2.91. The standard InChI is InChI=1S/C7H4F3NO4S/c8-7(9,10)16(14,15)5-1-4(6(12)13)2-11-3-5/h1-3H,(H,12,13). The molecule has 1 N–H and O–H groups in total. The molecule has 9 heteroatoms. The third-order valence-corrected chi connectivity index (χ3v) is 3.03. The van der Waals surface area contributed by atoms with Gasteiger partial charge in [-0.05, 0) is 6.07 Å². The highest BCUT2D eigenvalue weighted by molar-refractivity contribution is 7.92. The van der Waals surface area contributed by atoms with E-state index in [-0.39, 0.29) is 0 Å². The highest BCUT2D eigenvalue weighted by Crippen LogP contribution is 2.29.